The zero-order chi connectivity index (χ0) is 12.9. The monoisotopic (exact) mass is 256 g/mol. The van der Waals surface area contributed by atoms with Gasteiger partial charge in [0.25, 0.3) is 11.5 Å². The molecular formula is C10H10F2N4O2. The van der Waals surface area contributed by atoms with Crippen LogP contribution in [-0.2, 0) is 6.54 Å². The van der Waals surface area contributed by atoms with E-state index in [0.717, 1.165) is 0 Å². The Kier molecular flexibility index (Phi) is 2.24. The van der Waals surface area contributed by atoms with Crippen molar-refractivity contribution in [2.75, 3.05) is 6.61 Å². The van der Waals surface area contributed by atoms with Crippen molar-refractivity contribution in [1.82, 2.24) is 19.5 Å². The zero-order valence-corrected chi connectivity index (χ0v) is 9.18. The third-order valence-corrected chi connectivity index (χ3v) is 3.36. The molecule has 0 spiro atoms. The van der Waals surface area contributed by atoms with Gasteiger partial charge >= 0.3 is 0 Å². The van der Waals surface area contributed by atoms with Crippen molar-refractivity contribution >= 4 is 11.2 Å². The molecule has 3 rings (SSSR count). The molecular weight excluding hydrogens is 246 g/mol. The van der Waals surface area contributed by atoms with Gasteiger partial charge in [0.2, 0.25) is 0 Å². The standard InChI is InChI=1S/C10H10F2N4O2/c11-10(12)5(6(10)2-17)1-16-4-15-7-8(16)13-3-14-9(7)18/h3-6,17H,1-2H2,(H,13,14,18). The van der Waals surface area contributed by atoms with Crippen LogP contribution >= 0.6 is 0 Å². The number of H-pyrrole nitrogens is 1. The normalized spacial score (nSPS) is 25.5. The molecule has 1 aliphatic rings. The maximum atomic E-state index is 13.3. The quantitative estimate of drug-likeness (QED) is 0.809. The Labute approximate surface area is 99.3 Å². The van der Waals surface area contributed by atoms with Gasteiger partial charge in [0.05, 0.1) is 31.1 Å². The summed E-state index contributed by atoms with van der Waals surface area (Å²) in [4.78, 5) is 21.5. The molecule has 2 aromatic rings. The number of nitrogens with zero attached hydrogens (tertiary/aromatic N) is 3. The third kappa shape index (κ3) is 1.45. The Morgan fingerprint density at radius 2 is 2.22 bits per heavy atom. The summed E-state index contributed by atoms with van der Waals surface area (Å²) in [5.74, 6) is -4.80. The van der Waals surface area contributed by atoms with Crippen LogP contribution in [-0.4, -0.2) is 37.2 Å². The Hall–Kier alpha value is -1.83. The van der Waals surface area contributed by atoms with E-state index in [-0.39, 0.29) is 17.7 Å². The summed E-state index contributed by atoms with van der Waals surface area (Å²) in [5, 5.41) is 8.82. The molecule has 1 aliphatic carbocycles. The molecule has 0 radical (unpaired) electrons. The van der Waals surface area contributed by atoms with E-state index in [1.165, 1.54) is 17.2 Å². The van der Waals surface area contributed by atoms with Crippen LogP contribution in [0.4, 0.5) is 8.78 Å². The summed E-state index contributed by atoms with van der Waals surface area (Å²) in [6.07, 6.45) is 2.52. The fourth-order valence-corrected chi connectivity index (χ4v) is 2.20. The lowest BCUT2D eigenvalue weighted by atomic mass is 10.3. The lowest BCUT2D eigenvalue weighted by Gasteiger charge is -2.01. The Morgan fingerprint density at radius 1 is 1.44 bits per heavy atom. The van der Waals surface area contributed by atoms with Gasteiger partial charge in [0.1, 0.15) is 0 Å². The van der Waals surface area contributed by atoms with Gasteiger partial charge in [-0.1, -0.05) is 0 Å². The molecule has 6 nitrogen and oxygen atoms in total. The number of imidazole rings is 1. The van der Waals surface area contributed by atoms with Crippen molar-refractivity contribution in [2.24, 2.45) is 11.8 Å². The van der Waals surface area contributed by atoms with Gasteiger partial charge in [-0.25, -0.2) is 18.7 Å². The van der Waals surface area contributed by atoms with Gasteiger partial charge in [-0.05, 0) is 0 Å². The number of aliphatic hydroxyl groups excluding tert-OH is 1. The number of fused-ring (bicyclic) bond motifs is 1. The van der Waals surface area contributed by atoms with Crippen LogP contribution in [0.15, 0.2) is 17.4 Å². The van der Waals surface area contributed by atoms with Crippen molar-refractivity contribution < 1.29 is 13.9 Å². The highest BCUT2D eigenvalue weighted by atomic mass is 19.3. The number of hydrogen-bond acceptors (Lipinski definition) is 4. The highest BCUT2D eigenvalue weighted by molar-refractivity contribution is 5.68. The molecule has 2 aromatic heterocycles. The first-order valence-electron chi connectivity index (χ1n) is 5.43. The molecule has 2 atom stereocenters. The van der Waals surface area contributed by atoms with Crippen LogP contribution in [0.1, 0.15) is 0 Å². The second-order valence-corrected chi connectivity index (χ2v) is 4.37. The fraction of sp³-hybridized carbons (Fsp3) is 0.500. The minimum atomic E-state index is -2.85. The van der Waals surface area contributed by atoms with E-state index < -0.39 is 29.9 Å². The number of rotatable bonds is 3. The molecule has 96 valence electrons. The first-order valence-corrected chi connectivity index (χ1v) is 5.43. The van der Waals surface area contributed by atoms with Gasteiger partial charge < -0.3 is 14.7 Å². The number of nitrogens with one attached hydrogen (secondary N) is 1. The summed E-state index contributed by atoms with van der Waals surface area (Å²) in [6, 6.07) is 0. The lowest BCUT2D eigenvalue weighted by Crippen LogP contribution is -2.09. The molecule has 0 bridgehead atoms. The van der Waals surface area contributed by atoms with Gasteiger partial charge in [-0.3, -0.25) is 4.79 Å². The van der Waals surface area contributed by atoms with Crippen LogP contribution in [0.3, 0.4) is 0 Å². The third-order valence-electron chi connectivity index (χ3n) is 3.36. The van der Waals surface area contributed by atoms with E-state index in [2.05, 4.69) is 15.0 Å². The molecule has 0 saturated heterocycles. The Balaban J connectivity index is 1.93. The molecule has 1 saturated carbocycles. The minimum Gasteiger partial charge on any atom is -0.396 e. The van der Waals surface area contributed by atoms with Crippen molar-refractivity contribution in [3.63, 3.8) is 0 Å². The number of aromatic amines is 1. The molecule has 1 fully saturated rings. The molecule has 18 heavy (non-hydrogen) atoms. The summed E-state index contributed by atoms with van der Waals surface area (Å²) in [7, 11) is 0. The number of alkyl halides is 2. The number of halogens is 2. The van der Waals surface area contributed by atoms with Gasteiger partial charge in [-0.2, -0.15) is 0 Å². The average Bonchev–Trinajstić information content (AvgIpc) is 2.69. The maximum absolute atomic E-state index is 13.3. The van der Waals surface area contributed by atoms with E-state index in [4.69, 9.17) is 5.11 Å². The topological polar surface area (TPSA) is 83.8 Å². The van der Waals surface area contributed by atoms with Crippen molar-refractivity contribution in [3.8, 4) is 0 Å². The Morgan fingerprint density at radius 3 is 2.89 bits per heavy atom. The van der Waals surface area contributed by atoms with Crippen molar-refractivity contribution in [2.45, 2.75) is 12.5 Å². The second-order valence-electron chi connectivity index (χ2n) is 4.37. The molecule has 0 aromatic carbocycles. The van der Waals surface area contributed by atoms with Crippen LogP contribution < -0.4 is 5.56 Å². The fourth-order valence-electron chi connectivity index (χ4n) is 2.20. The predicted octanol–water partition coefficient (Wildman–Crippen LogP) is -0.00680. The summed E-state index contributed by atoms with van der Waals surface area (Å²) < 4.78 is 27.9. The first-order chi connectivity index (χ1) is 8.55. The zero-order valence-electron chi connectivity index (χ0n) is 9.18. The maximum Gasteiger partial charge on any atom is 0.278 e. The molecule has 0 aliphatic heterocycles. The van der Waals surface area contributed by atoms with Crippen LogP contribution in [0, 0.1) is 11.8 Å². The van der Waals surface area contributed by atoms with Crippen LogP contribution in [0.5, 0.6) is 0 Å². The van der Waals surface area contributed by atoms with Gasteiger partial charge in [-0.15, -0.1) is 0 Å². The lowest BCUT2D eigenvalue weighted by molar-refractivity contribution is 0.0704. The van der Waals surface area contributed by atoms with E-state index in [1.54, 1.807) is 0 Å². The summed E-state index contributed by atoms with van der Waals surface area (Å²) in [5.41, 5.74) is 0.000157. The molecule has 8 heteroatoms. The number of aliphatic hydroxyl groups is 1. The SMILES string of the molecule is O=c1[nH]cnc2c1ncn2CC1C(CO)C1(F)F. The molecule has 2 heterocycles. The van der Waals surface area contributed by atoms with E-state index in [1.807, 2.05) is 0 Å². The first kappa shape index (κ1) is 11.3. The van der Waals surface area contributed by atoms with Crippen LogP contribution in [0.25, 0.3) is 11.2 Å². The highest BCUT2D eigenvalue weighted by Gasteiger charge is 2.67. The van der Waals surface area contributed by atoms with Gasteiger partial charge in [0, 0.05) is 6.54 Å². The van der Waals surface area contributed by atoms with Crippen molar-refractivity contribution in [1.29, 1.82) is 0 Å². The van der Waals surface area contributed by atoms with Crippen molar-refractivity contribution in [3.05, 3.63) is 23.0 Å². The summed E-state index contributed by atoms with van der Waals surface area (Å²) in [6.45, 7) is -0.552. The minimum absolute atomic E-state index is 0.00875. The van der Waals surface area contributed by atoms with Gasteiger partial charge in [0.15, 0.2) is 11.2 Å². The van der Waals surface area contributed by atoms with Crippen LogP contribution in [0.2, 0.25) is 0 Å². The second kappa shape index (κ2) is 3.58. The number of aromatic nitrogens is 4. The van der Waals surface area contributed by atoms with E-state index in [9.17, 15) is 13.6 Å². The largest absolute Gasteiger partial charge is 0.396 e. The Bertz CT molecular complexity index is 651. The smallest absolute Gasteiger partial charge is 0.278 e. The molecule has 2 unspecified atom stereocenters. The summed E-state index contributed by atoms with van der Waals surface area (Å²) >= 11 is 0. The number of hydrogen-bond donors (Lipinski definition) is 2. The molecule has 0 amide bonds. The van der Waals surface area contributed by atoms with E-state index in [0.29, 0.717) is 0 Å². The van der Waals surface area contributed by atoms with E-state index >= 15 is 0 Å². The average molecular weight is 256 g/mol. The highest BCUT2D eigenvalue weighted by Crippen LogP contribution is 2.55. The predicted molar refractivity (Wildman–Crippen MR) is 57.2 cm³/mol. The molecule has 2 N–H and O–H groups in total.